The maximum Gasteiger partial charge on any atom is 0.236 e. The third-order valence-electron chi connectivity index (χ3n) is 3.74. The van der Waals surface area contributed by atoms with Crippen LogP contribution in [0.1, 0.15) is 10.6 Å². The number of thioether (sulfide) groups is 1. The number of hydrogen-bond donors (Lipinski definition) is 1. The average molecular weight is 404 g/mol. The van der Waals surface area contributed by atoms with Crippen LogP contribution in [-0.4, -0.2) is 31.4 Å². The van der Waals surface area contributed by atoms with Crippen LogP contribution in [0.4, 0.5) is 9.52 Å². The van der Waals surface area contributed by atoms with Crippen molar-refractivity contribution in [2.24, 2.45) is 0 Å². The zero-order chi connectivity index (χ0) is 19.4. The van der Waals surface area contributed by atoms with Crippen molar-refractivity contribution >= 4 is 34.1 Å². The first kappa shape index (κ1) is 19.2. The number of nitrogens with zero attached hydrogens (tertiary/aromatic N) is 4. The Morgan fingerprint density at radius 2 is 2.07 bits per heavy atom. The predicted molar refractivity (Wildman–Crippen MR) is 107 cm³/mol. The van der Waals surface area contributed by atoms with Crippen LogP contribution < -0.4 is 5.32 Å². The lowest BCUT2D eigenvalue weighted by atomic mass is 10.2. The van der Waals surface area contributed by atoms with Crippen LogP contribution >= 0.6 is 23.1 Å². The van der Waals surface area contributed by atoms with Crippen molar-refractivity contribution in [1.29, 1.82) is 0 Å². The minimum atomic E-state index is -0.313. The first-order valence-corrected chi connectivity index (χ1v) is 9.95. The molecule has 1 N–H and O–H groups in total. The number of aryl methyl sites for hydroxylation is 2. The second-order valence-corrected chi connectivity index (χ2v) is 7.86. The highest BCUT2D eigenvalue weighted by molar-refractivity contribution is 7.99. The Bertz CT molecular complexity index is 945. The molecule has 3 aromatic rings. The molecule has 0 aliphatic heterocycles. The number of rotatable bonds is 7. The monoisotopic (exact) mass is 403 g/mol. The molecule has 1 amide bonds. The van der Waals surface area contributed by atoms with Crippen LogP contribution in [0.25, 0.3) is 11.4 Å². The molecule has 0 aliphatic rings. The third kappa shape index (κ3) is 4.61. The largest absolute Gasteiger partial charge is 0.301 e. The van der Waals surface area contributed by atoms with Crippen molar-refractivity contribution in [3.05, 3.63) is 53.3 Å². The van der Waals surface area contributed by atoms with Crippen molar-refractivity contribution in [2.75, 3.05) is 11.1 Å². The smallest absolute Gasteiger partial charge is 0.236 e. The van der Waals surface area contributed by atoms with E-state index in [0.29, 0.717) is 22.7 Å². The maximum atomic E-state index is 13.2. The fraction of sp³-hybridized carbons (Fsp3) is 0.222. The van der Waals surface area contributed by atoms with Gasteiger partial charge in [0.2, 0.25) is 5.91 Å². The normalized spacial score (nSPS) is 10.8. The van der Waals surface area contributed by atoms with E-state index in [4.69, 9.17) is 0 Å². The Morgan fingerprint density at radius 1 is 1.33 bits per heavy atom. The molecule has 0 spiro atoms. The van der Waals surface area contributed by atoms with E-state index < -0.39 is 0 Å². The van der Waals surface area contributed by atoms with E-state index in [1.165, 1.54) is 35.2 Å². The summed E-state index contributed by atoms with van der Waals surface area (Å²) in [7, 11) is 0. The molecule has 0 saturated heterocycles. The summed E-state index contributed by atoms with van der Waals surface area (Å²) in [6.45, 7) is 8.11. The summed E-state index contributed by atoms with van der Waals surface area (Å²) in [5, 5.41) is 12.3. The summed E-state index contributed by atoms with van der Waals surface area (Å²) in [5.41, 5.74) is 1.66. The lowest BCUT2D eigenvalue weighted by Crippen LogP contribution is -2.14. The van der Waals surface area contributed by atoms with Crippen molar-refractivity contribution < 1.29 is 9.18 Å². The molecule has 0 atom stereocenters. The minimum Gasteiger partial charge on any atom is -0.301 e. The van der Waals surface area contributed by atoms with Crippen LogP contribution in [-0.2, 0) is 11.3 Å². The van der Waals surface area contributed by atoms with E-state index in [9.17, 15) is 9.18 Å². The first-order valence-electron chi connectivity index (χ1n) is 8.14. The second kappa shape index (κ2) is 8.45. The topological polar surface area (TPSA) is 72.7 Å². The fourth-order valence-electron chi connectivity index (χ4n) is 2.31. The van der Waals surface area contributed by atoms with Gasteiger partial charge < -0.3 is 5.32 Å². The Balaban J connectivity index is 1.71. The molecule has 0 aliphatic carbocycles. The molecule has 0 fully saturated rings. The molecule has 140 valence electrons. The number of thiazole rings is 1. The average Bonchev–Trinajstić information content (AvgIpc) is 3.17. The van der Waals surface area contributed by atoms with E-state index in [-0.39, 0.29) is 17.5 Å². The molecule has 6 nitrogen and oxygen atoms in total. The lowest BCUT2D eigenvalue weighted by molar-refractivity contribution is -0.113. The Kier molecular flexibility index (Phi) is 6.02. The molecule has 0 bridgehead atoms. The van der Waals surface area contributed by atoms with Gasteiger partial charge in [0.05, 0.1) is 11.4 Å². The summed E-state index contributed by atoms with van der Waals surface area (Å²) in [6, 6.07) is 6.04. The van der Waals surface area contributed by atoms with Gasteiger partial charge in [0.25, 0.3) is 0 Å². The summed E-state index contributed by atoms with van der Waals surface area (Å²) in [6.07, 6.45) is 1.72. The van der Waals surface area contributed by atoms with Gasteiger partial charge in [-0.05, 0) is 38.1 Å². The highest BCUT2D eigenvalue weighted by atomic mass is 32.2. The Hall–Kier alpha value is -2.52. The standard InChI is InChI=1S/C18H18FN5OS2/c1-4-9-24-16(13-5-7-14(19)8-6-13)22-23-18(24)26-10-15(25)21-17-20-11(2)12(3)27-17/h4-8H,1,9-10H2,2-3H3,(H,20,21,25). The van der Waals surface area contributed by atoms with E-state index in [0.717, 1.165) is 16.1 Å². The SMILES string of the molecule is C=CCn1c(SCC(=O)Nc2nc(C)c(C)s2)nnc1-c1ccc(F)cc1. The molecule has 9 heteroatoms. The number of hydrogen-bond acceptors (Lipinski definition) is 6. The number of aromatic nitrogens is 4. The van der Waals surface area contributed by atoms with Gasteiger partial charge >= 0.3 is 0 Å². The number of anilines is 1. The van der Waals surface area contributed by atoms with E-state index >= 15 is 0 Å². The van der Waals surface area contributed by atoms with Crippen molar-refractivity contribution in [3.8, 4) is 11.4 Å². The molecule has 2 heterocycles. The number of carbonyl (C=O) groups is 1. The summed E-state index contributed by atoms with van der Waals surface area (Å²) >= 11 is 2.73. The Morgan fingerprint density at radius 3 is 2.70 bits per heavy atom. The van der Waals surface area contributed by atoms with Crippen molar-refractivity contribution in [2.45, 2.75) is 25.5 Å². The van der Waals surface area contributed by atoms with Gasteiger partial charge in [-0.2, -0.15) is 0 Å². The minimum absolute atomic E-state index is 0.162. The summed E-state index contributed by atoms with van der Waals surface area (Å²) in [4.78, 5) is 17.6. The van der Waals surface area contributed by atoms with Gasteiger partial charge in [-0.15, -0.1) is 28.1 Å². The number of benzene rings is 1. The lowest BCUT2D eigenvalue weighted by Gasteiger charge is -2.07. The van der Waals surface area contributed by atoms with Crippen LogP contribution in [0.2, 0.25) is 0 Å². The Labute approximate surface area is 164 Å². The van der Waals surface area contributed by atoms with Gasteiger partial charge in [0.1, 0.15) is 5.82 Å². The molecule has 0 saturated carbocycles. The molecule has 0 radical (unpaired) electrons. The number of carbonyl (C=O) groups excluding carboxylic acids is 1. The van der Waals surface area contributed by atoms with Crippen molar-refractivity contribution in [3.63, 3.8) is 0 Å². The highest BCUT2D eigenvalue weighted by Gasteiger charge is 2.16. The van der Waals surface area contributed by atoms with Crippen molar-refractivity contribution in [1.82, 2.24) is 19.7 Å². The molecular weight excluding hydrogens is 385 g/mol. The molecule has 0 unspecified atom stereocenters. The summed E-state index contributed by atoms with van der Waals surface area (Å²) < 4.78 is 15.0. The number of amides is 1. The number of nitrogens with one attached hydrogen (secondary N) is 1. The van der Waals surface area contributed by atoms with Gasteiger partial charge in [-0.1, -0.05) is 17.8 Å². The zero-order valence-corrected chi connectivity index (χ0v) is 16.5. The number of halogens is 1. The van der Waals surface area contributed by atoms with Crippen LogP contribution in [0.15, 0.2) is 42.1 Å². The highest BCUT2D eigenvalue weighted by Crippen LogP contribution is 2.25. The summed E-state index contributed by atoms with van der Waals surface area (Å²) in [5.74, 6) is 0.304. The van der Waals surface area contributed by atoms with Gasteiger partial charge in [-0.25, -0.2) is 9.37 Å². The van der Waals surface area contributed by atoms with E-state index in [1.54, 1.807) is 18.2 Å². The maximum absolute atomic E-state index is 13.2. The number of allylic oxidation sites excluding steroid dienone is 1. The first-order chi connectivity index (χ1) is 13.0. The molecular formula is C18H18FN5OS2. The molecule has 27 heavy (non-hydrogen) atoms. The predicted octanol–water partition coefficient (Wildman–Crippen LogP) is 4.07. The van der Waals surface area contributed by atoms with E-state index in [1.807, 2.05) is 18.4 Å². The van der Waals surface area contributed by atoms with Gasteiger partial charge in [0, 0.05) is 17.0 Å². The molecule has 1 aromatic carbocycles. The molecule has 3 rings (SSSR count). The van der Waals surface area contributed by atoms with Crippen LogP contribution in [0, 0.1) is 19.7 Å². The van der Waals surface area contributed by atoms with Gasteiger partial charge in [-0.3, -0.25) is 9.36 Å². The van der Waals surface area contributed by atoms with E-state index in [2.05, 4.69) is 27.1 Å². The zero-order valence-electron chi connectivity index (χ0n) is 14.9. The fourth-order valence-corrected chi connectivity index (χ4v) is 3.89. The second-order valence-electron chi connectivity index (χ2n) is 5.71. The van der Waals surface area contributed by atoms with Crippen LogP contribution in [0.5, 0.6) is 0 Å². The quantitative estimate of drug-likeness (QED) is 0.475. The third-order valence-corrected chi connectivity index (χ3v) is 5.69. The van der Waals surface area contributed by atoms with Crippen LogP contribution in [0.3, 0.4) is 0 Å². The van der Waals surface area contributed by atoms with Gasteiger partial charge in [0.15, 0.2) is 16.1 Å². The molecule has 2 aromatic heterocycles.